The molecule has 0 radical (unpaired) electrons. The van der Waals surface area contributed by atoms with Gasteiger partial charge in [-0.3, -0.25) is 9.69 Å². The molecule has 1 saturated heterocycles. The van der Waals surface area contributed by atoms with E-state index in [1.165, 1.54) is 13.4 Å². The van der Waals surface area contributed by atoms with Crippen LogP contribution in [0.3, 0.4) is 0 Å². The summed E-state index contributed by atoms with van der Waals surface area (Å²) >= 11 is 6.70. The molecule has 0 aliphatic carbocycles. The lowest BCUT2D eigenvalue weighted by molar-refractivity contribution is -0.184. The third-order valence-corrected chi connectivity index (χ3v) is 7.73. The SMILES string of the molecule is COc1c(C(C)n2nc(C)c3c(N)ncnc32)cc(Cl)c(C)c1C1CN([C@H](C)CN(C)C(=O)C(F)(F)F)C1. The fourth-order valence-electron chi connectivity index (χ4n) is 5.23. The van der Waals surface area contributed by atoms with Gasteiger partial charge in [0.15, 0.2) is 5.65 Å². The number of ether oxygens (including phenoxy) is 1. The zero-order chi connectivity index (χ0) is 28.1. The molecule has 2 N–H and O–H groups in total. The molecule has 13 heteroatoms. The van der Waals surface area contributed by atoms with E-state index in [4.69, 9.17) is 22.1 Å². The van der Waals surface area contributed by atoms with E-state index < -0.39 is 12.1 Å². The molecule has 1 fully saturated rings. The van der Waals surface area contributed by atoms with Crippen molar-refractivity contribution in [1.29, 1.82) is 0 Å². The van der Waals surface area contributed by atoms with Crippen molar-refractivity contribution < 1.29 is 22.7 Å². The molecular formula is C25H31ClF3N7O2. The van der Waals surface area contributed by atoms with Gasteiger partial charge in [0.25, 0.3) is 0 Å². The number of anilines is 1. The van der Waals surface area contributed by atoms with Gasteiger partial charge in [0.05, 0.1) is 24.2 Å². The molecule has 0 bridgehead atoms. The quantitative estimate of drug-likeness (QED) is 0.470. The van der Waals surface area contributed by atoms with Crippen molar-refractivity contribution in [2.45, 2.75) is 51.9 Å². The lowest BCUT2D eigenvalue weighted by Crippen LogP contribution is -2.54. The number of rotatable bonds is 7. The summed E-state index contributed by atoms with van der Waals surface area (Å²) in [6, 6.07) is 1.31. The Hall–Kier alpha value is -3.12. The highest BCUT2D eigenvalue weighted by molar-refractivity contribution is 6.31. The van der Waals surface area contributed by atoms with Gasteiger partial charge in [-0.2, -0.15) is 18.3 Å². The number of hydrogen-bond donors (Lipinski definition) is 1. The molecular weight excluding hydrogens is 523 g/mol. The van der Waals surface area contributed by atoms with Gasteiger partial charge >= 0.3 is 12.1 Å². The van der Waals surface area contributed by atoms with Crippen LogP contribution >= 0.6 is 11.6 Å². The molecule has 0 saturated carbocycles. The Morgan fingerprint density at radius 2 is 1.95 bits per heavy atom. The normalized spacial score (nSPS) is 16.4. The molecule has 0 spiro atoms. The maximum atomic E-state index is 12.8. The summed E-state index contributed by atoms with van der Waals surface area (Å²) in [6.45, 7) is 8.71. The number of methoxy groups -OCH3 is 1. The molecule has 2 atom stereocenters. The summed E-state index contributed by atoms with van der Waals surface area (Å²) in [4.78, 5) is 22.8. The molecule has 1 amide bonds. The van der Waals surface area contributed by atoms with Crippen LogP contribution in [-0.2, 0) is 4.79 Å². The Bertz CT molecular complexity index is 1370. The van der Waals surface area contributed by atoms with Crippen molar-refractivity contribution in [2.24, 2.45) is 0 Å². The first-order chi connectivity index (χ1) is 17.8. The molecule has 1 aromatic carbocycles. The minimum absolute atomic E-state index is 0.0320. The Labute approximate surface area is 223 Å². The molecule has 206 valence electrons. The summed E-state index contributed by atoms with van der Waals surface area (Å²) in [7, 11) is 2.77. The zero-order valence-electron chi connectivity index (χ0n) is 22.1. The lowest BCUT2D eigenvalue weighted by Gasteiger charge is -2.45. The standard InChI is InChI=1S/C25H31ClF3N7O2/c1-12(8-34(5)24(37)25(27,28)29)35-9-16(10-35)19-13(2)18(26)7-17(21(19)38-6)15(4)36-23-20(14(3)33-36)22(30)31-11-32-23/h7,11-12,15-16H,8-10H2,1-6H3,(H2,30,31,32)/t12-,15?/m1/s1. The average molecular weight is 554 g/mol. The highest BCUT2D eigenvalue weighted by atomic mass is 35.5. The number of fused-ring (bicyclic) bond motifs is 1. The van der Waals surface area contributed by atoms with Gasteiger partial charge in [-0.1, -0.05) is 11.6 Å². The highest BCUT2D eigenvalue weighted by Crippen LogP contribution is 2.44. The van der Waals surface area contributed by atoms with Gasteiger partial charge in [-0.05, 0) is 39.3 Å². The highest BCUT2D eigenvalue weighted by Gasteiger charge is 2.43. The summed E-state index contributed by atoms with van der Waals surface area (Å²) in [5.41, 5.74) is 10.0. The number of carbonyl (C=O) groups is 1. The van der Waals surface area contributed by atoms with Crippen LogP contribution in [0.5, 0.6) is 5.75 Å². The number of amides is 1. The second-order valence-electron chi connectivity index (χ2n) is 9.87. The van der Waals surface area contributed by atoms with Crippen LogP contribution in [-0.4, -0.2) is 81.5 Å². The molecule has 9 nitrogen and oxygen atoms in total. The zero-order valence-corrected chi connectivity index (χ0v) is 22.9. The first kappa shape index (κ1) is 27.9. The van der Waals surface area contributed by atoms with Gasteiger partial charge in [0, 0.05) is 54.8 Å². The largest absolute Gasteiger partial charge is 0.496 e. The number of carbonyl (C=O) groups excluding carboxylic acids is 1. The van der Waals surface area contributed by atoms with Gasteiger partial charge in [0.2, 0.25) is 0 Å². The number of hydrogen-bond acceptors (Lipinski definition) is 7. The Balaban J connectivity index is 1.61. The Kier molecular flexibility index (Phi) is 7.50. The number of likely N-dealkylation sites (tertiary alicyclic amines) is 1. The van der Waals surface area contributed by atoms with Crippen LogP contribution < -0.4 is 10.5 Å². The predicted molar refractivity (Wildman–Crippen MR) is 138 cm³/mol. The number of aromatic nitrogens is 4. The smallest absolute Gasteiger partial charge is 0.471 e. The second-order valence-corrected chi connectivity index (χ2v) is 10.3. The van der Waals surface area contributed by atoms with Crippen LogP contribution in [0.4, 0.5) is 19.0 Å². The number of benzene rings is 1. The van der Waals surface area contributed by atoms with Crippen molar-refractivity contribution in [3.8, 4) is 5.75 Å². The van der Waals surface area contributed by atoms with Crippen LogP contribution in [0.25, 0.3) is 11.0 Å². The van der Waals surface area contributed by atoms with E-state index >= 15 is 0 Å². The van der Waals surface area contributed by atoms with E-state index in [0.717, 1.165) is 21.6 Å². The number of nitrogens with zero attached hydrogens (tertiary/aromatic N) is 6. The van der Waals surface area contributed by atoms with Crippen molar-refractivity contribution in [3.05, 3.63) is 39.8 Å². The maximum absolute atomic E-state index is 12.8. The van der Waals surface area contributed by atoms with Gasteiger partial charge in [-0.25, -0.2) is 14.6 Å². The van der Waals surface area contributed by atoms with Crippen LogP contribution in [0.2, 0.25) is 5.02 Å². The molecule has 3 aromatic rings. The van der Waals surface area contributed by atoms with E-state index in [2.05, 4.69) is 15.1 Å². The molecule has 1 aliphatic rings. The van der Waals surface area contributed by atoms with Crippen LogP contribution in [0.1, 0.15) is 48.2 Å². The summed E-state index contributed by atoms with van der Waals surface area (Å²) in [5, 5.41) is 5.94. The minimum Gasteiger partial charge on any atom is -0.496 e. The Morgan fingerprint density at radius 3 is 2.55 bits per heavy atom. The molecule has 1 aliphatic heterocycles. The summed E-state index contributed by atoms with van der Waals surface area (Å²) in [6.07, 6.45) is -3.49. The van der Waals surface area contributed by atoms with E-state index in [1.807, 2.05) is 38.7 Å². The molecule has 1 unspecified atom stereocenters. The predicted octanol–water partition coefficient (Wildman–Crippen LogP) is 4.11. The van der Waals surface area contributed by atoms with E-state index in [0.29, 0.717) is 46.4 Å². The summed E-state index contributed by atoms with van der Waals surface area (Å²) in [5.74, 6) is -0.758. The van der Waals surface area contributed by atoms with Gasteiger partial charge in [0.1, 0.15) is 17.9 Å². The van der Waals surface area contributed by atoms with Crippen LogP contribution in [0, 0.1) is 13.8 Å². The van der Waals surface area contributed by atoms with Gasteiger partial charge in [-0.15, -0.1) is 0 Å². The minimum atomic E-state index is -4.89. The topological polar surface area (TPSA) is 102 Å². The average Bonchev–Trinajstić information content (AvgIpc) is 3.16. The van der Waals surface area contributed by atoms with Crippen molar-refractivity contribution >= 4 is 34.4 Å². The maximum Gasteiger partial charge on any atom is 0.471 e. The fraction of sp³-hybridized carbons (Fsp3) is 0.520. The molecule has 38 heavy (non-hydrogen) atoms. The van der Waals surface area contributed by atoms with Crippen molar-refractivity contribution in [2.75, 3.05) is 39.5 Å². The number of aryl methyl sites for hydroxylation is 1. The molecule has 4 rings (SSSR count). The van der Waals surface area contributed by atoms with E-state index in [9.17, 15) is 18.0 Å². The van der Waals surface area contributed by atoms with Crippen molar-refractivity contribution in [3.63, 3.8) is 0 Å². The third-order valence-electron chi connectivity index (χ3n) is 7.33. The molecule has 3 heterocycles. The first-order valence-corrected chi connectivity index (χ1v) is 12.5. The second kappa shape index (κ2) is 10.2. The fourth-order valence-corrected chi connectivity index (χ4v) is 5.45. The number of halogens is 4. The number of likely N-dealkylation sites (N-methyl/N-ethyl adjacent to an activating group) is 1. The number of nitrogen functional groups attached to an aromatic ring is 1. The number of nitrogens with two attached hydrogens (primary N) is 1. The summed E-state index contributed by atoms with van der Waals surface area (Å²) < 4.78 is 46.0. The van der Waals surface area contributed by atoms with Crippen molar-refractivity contribution in [1.82, 2.24) is 29.5 Å². The van der Waals surface area contributed by atoms with E-state index in [1.54, 1.807) is 11.8 Å². The monoisotopic (exact) mass is 553 g/mol. The molecule has 2 aromatic heterocycles. The van der Waals surface area contributed by atoms with E-state index in [-0.39, 0.29) is 24.5 Å². The first-order valence-electron chi connectivity index (χ1n) is 12.1. The van der Waals surface area contributed by atoms with Crippen LogP contribution in [0.15, 0.2) is 12.4 Å². The third kappa shape index (κ3) is 4.86. The van der Waals surface area contributed by atoms with Gasteiger partial charge < -0.3 is 15.4 Å². The lowest BCUT2D eigenvalue weighted by atomic mass is 9.84. The number of alkyl halides is 3. The Morgan fingerprint density at radius 1 is 1.29 bits per heavy atom.